The second-order valence-corrected chi connectivity index (χ2v) is 6.90. The number of piperidine rings is 2. The molecule has 7 nitrogen and oxygen atoms in total. The van der Waals surface area contributed by atoms with E-state index in [1.807, 2.05) is 11.8 Å². The van der Waals surface area contributed by atoms with Gasteiger partial charge in [0, 0.05) is 26.1 Å². The van der Waals surface area contributed by atoms with Crippen molar-refractivity contribution in [3.8, 4) is 0 Å². The number of aromatic nitrogens is 2. The minimum absolute atomic E-state index is 0.147. The Morgan fingerprint density at radius 1 is 1.30 bits per heavy atom. The van der Waals surface area contributed by atoms with Gasteiger partial charge in [-0.25, -0.2) is 0 Å². The van der Waals surface area contributed by atoms with Gasteiger partial charge in [-0.15, -0.1) is 0 Å². The first-order valence-corrected chi connectivity index (χ1v) is 8.50. The number of hydrogen-bond donors (Lipinski definition) is 1. The number of carbonyl (C=O) groups excluding carboxylic acids is 1. The smallest absolute Gasteiger partial charge is 0.240 e. The lowest BCUT2D eigenvalue weighted by Crippen LogP contribution is -2.51. The number of likely N-dealkylation sites (tertiary alicyclic amines) is 2. The third-order valence-corrected chi connectivity index (χ3v) is 5.18. The molecule has 2 saturated heterocycles. The van der Waals surface area contributed by atoms with Gasteiger partial charge >= 0.3 is 0 Å². The van der Waals surface area contributed by atoms with Gasteiger partial charge < -0.3 is 14.5 Å². The van der Waals surface area contributed by atoms with E-state index in [1.165, 1.54) is 0 Å². The highest BCUT2D eigenvalue weighted by Gasteiger charge is 2.40. The van der Waals surface area contributed by atoms with E-state index in [0.29, 0.717) is 37.6 Å². The van der Waals surface area contributed by atoms with Crippen LogP contribution in [0.2, 0.25) is 0 Å². The van der Waals surface area contributed by atoms with Gasteiger partial charge in [0.2, 0.25) is 11.8 Å². The molecule has 0 unspecified atom stereocenters. The minimum atomic E-state index is 0.147. The Balaban J connectivity index is 1.53. The molecule has 0 aromatic carbocycles. The maximum Gasteiger partial charge on any atom is 0.240 e. The average Bonchev–Trinajstić information content (AvgIpc) is 2.96. The van der Waals surface area contributed by atoms with Gasteiger partial charge in [-0.1, -0.05) is 5.16 Å². The summed E-state index contributed by atoms with van der Waals surface area (Å²) in [7, 11) is 0. The Morgan fingerprint density at radius 2 is 2.09 bits per heavy atom. The SMILES string of the molecule is Cc1noc(CN2CCC3(CCC(=O)N(CCCO)C3)CC2)n1. The predicted molar refractivity (Wildman–Crippen MR) is 83.5 cm³/mol. The van der Waals surface area contributed by atoms with Gasteiger partial charge in [-0.2, -0.15) is 4.98 Å². The molecule has 0 atom stereocenters. The predicted octanol–water partition coefficient (Wildman–Crippen LogP) is 0.965. The minimum Gasteiger partial charge on any atom is -0.396 e. The molecule has 7 heteroatoms. The highest BCUT2D eigenvalue weighted by atomic mass is 16.5. The molecule has 2 aliphatic rings. The Bertz CT molecular complexity index is 537. The molecule has 3 rings (SSSR count). The van der Waals surface area contributed by atoms with Crippen LogP contribution in [0.25, 0.3) is 0 Å². The summed E-state index contributed by atoms with van der Waals surface area (Å²) >= 11 is 0. The number of carbonyl (C=O) groups is 1. The van der Waals surface area contributed by atoms with Crippen molar-refractivity contribution in [2.75, 3.05) is 32.8 Å². The van der Waals surface area contributed by atoms with Crippen molar-refractivity contribution in [2.45, 2.75) is 45.6 Å². The summed E-state index contributed by atoms with van der Waals surface area (Å²) in [6.45, 7) is 6.23. The van der Waals surface area contributed by atoms with Crippen molar-refractivity contribution >= 4 is 5.91 Å². The van der Waals surface area contributed by atoms with E-state index in [4.69, 9.17) is 9.63 Å². The Kier molecular flexibility index (Phi) is 4.96. The van der Waals surface area contributed by atoms with Crippen molar-refractivity contribution in [2.24, 2.45) is 5.41 Å². The number of aryl methyl sites for hydroxylation is 1. The van der Waals surface area contributed by atoms with Crippen molar-refractivity contribution in [3.63, 3.8) is 0 Å². The number of aliphatic hydroxyl groups is 1. The number of rotatable bonds is 5. The third kappa shape index (κ3) is 3.90. The lowest BCUT2D eigenvalue weighted by molar-refractivity contribution is -0.139. The molecule has 0 radical (unpaired) electrons. The topological polar surface area (TPSA) is 82.7 Å². The maximum atomic E-state index is 12.0. The summed E-state index contributed by atoms with van der Waals surface area (Å²) in [5, 5.41) is 12.8. The summed E-state index contributed by atoms with van der Waals surface area (Å²) in [5.74, 6) is 1.61. The molecule has 0 aliphatic carbocycles. The van der Waals surface area contributed by atoms with Crippen molar-refractivity contribution in [3.05, 3.63) is 11.7 Å². The number of nitrogens with zero attached hydrogens (tertiary/aromatic N) is 4. The number of amides is 1. The highest BCUT2D eigenvalue weighted by Crippen LogP contribution is 2.40. The van der Waals surface area contributed by atoms with Crippen LogP contribution < -0.4 is 0 Å². The molecule has 1 spiro atoms. The van der Waals surface area contributed by atoms with Crippen LogP contribution in [0.4, 0.5) is 0 Å². The van der Waals surface area contributed by atoms with E-state index in [2.05, 4.69) is 15.0 Å². The fraction of sp³-hybridized carbons (Fsp3) is 0.812. The summed E-state index contributed by atoms with van der Waals surface area (Å²) in [6.07, 6.45) is 4.51. The number of hydrogen-bond acceptors (Lipinski definition) is 6. The van der Waals surface area contributed by atoms with Gasteiger partial charge in [-0.05, 0) is 51.1 Å². The van der Waals surface area contributed by atoms with E-state index < -0.39 is 0 Å². The van der Waals surface area contributed by atoms with Crippen molar-refractivity contribution in [1.29, 1.82) is 0 Å². The summed E-state index contributed by atoms with van der Waals surface area (Å²) in [4.78, 5) is 20.6. The van der Waals surface area contributed by atoms with Gasteiger partial charge in [-0.3, -0.25) is 9.69 Å². The van der Waals surface area contributed by atoms with Gasteiger partial charge in [0.05, 0.1) is 6.54 Å². The zero-order chi connectivity index (χ0) is 16.3. The summed E-state index contributed by atoms with van der Waals surface area (Å²) in [6, 6.07) is 0. The van der Waals surface area contributed by atoms with Crippen LogP contribution in [0.5, 0.6) is 0 Å². The zero-order valence-corrected chi connectivity index (χ0v) is 13.8. The van der Waals surface area contributed by atoms with E-state index in [9.17, 15) is 4.79 Å². The van der Waals surface area contributed by atoms with E-state index >= 15 is 0 Å². The van der Waals surface area contributed by atoms with Crippen LogP contribution in [-0.4, -0.2) is 63.7 Å². The van der Waals surface area contributed by atoms with Crippen LogP contribution in [0, 0.1) is 12.3 Å². The molecular formula is C16H26N4O3. The van der Waals surface area contributed by atoms with E-state index in [0.717, 1.165) is 38.9 Å². The van der Waals surface area contributed by atoms with Crippen LogP contribution in [0.15, 0.2) is 4.52 Å². The van der Waals surface area contributed by atoms with E-state index in [-0.39, 0.29) is 17.9 Å². The van der Waals surface area contributed by atoms with E-state index in [1.54, 1.807) is 0 Å². The standard InChI is InChI=1S/C16H26N4O3/c1-13-17-14(23-18-13)11-19-8-5-16(6-9-19)4-3-15(22)20(12-16)7-2-10-21/h21H,2-12H2,1H3. The molecule has 0 saturated carbocycles. The Morgan fingerprint density at radius 3 is 2.74 bits per heavy atom. The molecule has 2 aliphatic heterocycles. The second-order valence-electron chi connectivity index (χ2n) is 6.90. The van der Waals surface area contributed by atoms with Gasteiger partial charge in [0.15, 0.2) is 5.82 Å². The van der Waals surface area contributed by atoms with Crippen LogP contribution in [0.1, 0.15) is 43.8 Å². The molecular weight excluding hydrogens is 296 g/mol. The molecule has 0 bridgehead atoms. The normalized spacial score (nSPS) is 22.0. The van der Waals surface area contributed by atoms with Crippen LogP contribution >= 0.6 is 0 Å². The molecule has 128 valence electrons. The zero-order valence-electron chi connectivity index (χ0n) is 13.8. The molecule has 1 aromatic heterocycles. The lowest BCUT2D eigenvalue weighted by Gasteiger charge is -2.47. The second kappa shape index (κ2) is 6.97. The maximum absolute atomic E-state index is 12.0. The van der Waals surface area contributed by atoms with Crippen LogP contribution in [-0.2, 0) is 11.3 Å². The average molecular weight is 322 g/mol. The largest absolute Gasteiger partial charge is 0.396 e. The van der Waals surface area contributed by atoms with Crippen molar-refractivity contribution in [1.82, 2.24) is 19.9 Å². The van der Waals surface area contributed by atoms with Crippen molar-refractivity contribution < 1.29 is 14.4 Å². The Hall–Kier alpha value is -1.47. The molecule has 1 amide bonds. The molecule has 1 N–H and O–H groups in total. The first-order valence-electron chi connectivity index (χ1n) is 8.50. The molecule has 23 heavy (non-hydrogen) atoms. The quantitative estimate of drug-likeness (QED) is 0.869. The molecule has 2 fully saturated rings. The first-order chi connectivity index (χ1) is 11.1. The van der Waals surface area contributed by atoms with Crippen LogP contribution in [0.3, 0.4) is 0 Å². The number of aliphatic hydroxyl groups excluding tert-OH is 1. The fourth-order valence-electron chi connectivity index (χ4n) is 3.76. The van der Waals surface area contributed by atoms with Gasteiger partial charge in [0.25, 0.3) is 0 Å². The monoisotopic (exact) mass is 322 g/mol. The highest BCUT2D eigenvalue weighted by molar-refractivity contribution is 5.77. The fourth-order valence-corrected chi connectivity index (χ4v) is 3.76. The van der Waals surface area contributed by atoms with Gasteiger partial charge in [0.1, 0.15) is 0 Å². The third-order valence-electron chi connectivity index (χ3n) is 5.18. The molecule has 3 heterocycles. The lowest BCUT2D eigenvalue weighted by atomic mass is 9.72. The first kappa shape index (κ1) is 16.4. The summed E-state index contributed by atoms with van der Waals surface area (Å²) < 4.78 is 5.20. The Labute approximate surface area is 136 Å². The summed E-state index contributed by atoms with van der Waals surface area (Å²) in [5.41, 5.74) is 0.255. The molecule has 1 aromatic rings.